The molecule has 4 nitrogen and oxygen atoms in total. The summed E-state index contributed by atoms with van der Waals surface area (Å²) in [5, 5.41) is 2.40. The van der Waals surface area contributed by atoms with Gasteiger partial charge < -0.3 is 4.74 Å². The number of carbonyl (C=O) groups is 1. The van der Waals surface area contributed by atoms with Crippen LogP contribution < -0.4 is 5.56 Å². The molecule has 6 heteroatoms. The Balaban J connectivity index is 1.74. The van der Waals surface area contributed by atoms with Gasteiger partial charge in [0.25, 0.3) is 5.56 Å². The molecule has 1 fully saturated rings. The van der Waals surface area contributed by atoms with Crippen molar-refractivity contribution in [1.29, 1.82) is 0 Å². The number of nitrogens with zero attached hydrogens (tertiary/aromatic N) is 1. The number of rotatable bonds is 4. The molecule has 0 saturated heterocycles. The molecular formula is C23H18BrNO3S. The maximum Gasteiger partial charge on any atom is 0.357 e. The number of fused-ring (bicyclic) bond motifs is 2. The van der Waals surface area contributed by atoms with Gasteiger partial charge in [0.2, 0.25) is 0 Å². The van der Waals surface area contributed by atoms with E-state index in [1.807, 2.05) is 12.1 Å². The third-order valence-corrected chi connectivity index (χ3v) is 7.35. The third-order valence-electron chi connectivity index (χ3n) is 5.52. The number of ether oxygens (including phenoxy) is 1. The summed E-state index contributed by atoms with van der Waals surface area (Å²) in [5.74, 6) is -0.0691. The van der Waals surface area contributed by atoms with Crippen molar-refractivity contribution in [2.45, 2.75) is 25.2 Å². The minimum atomic E-state index is -0.506. The predicted molar refractivity (Wildman–Crippen MR) is 119 cm³/mol. The zero-order chi connectivity index (χ0) is 20.1. The number of halogens is 1. The second kappa shape index (κ2) is 7.11. The fraction of sp³-hybridized carbons (Fsp3) is 0.217. The van der Waals surface area contributed by atoms with E-state index in [4.69, 9.17) is 4.74 Å². The Morgan fingerprint density at radius 1 is 1.17 bits per heavy atom. The third kappa shape index (κ3) is 3.11. The number of thiazole rings is 1. The van der Waals surface area contributed by atoms with Crippen LogP contribution in [0.1, 0.15) is 45.9 Å². The van der Waals surface area contributed by atoms with Crippen molar-refractivity contribution >= 4 is 48.8 Å². The van der Waals surface area contributed by atoms with Gasteiger partial charge in [0.05, 0.1) is 7.11 Å². The largest absolute Gasteiger partial charge is 0.464 e. The van der Waals surface area contributed by atoms with Crippen LogP contribution in [0.25, 0.3) is 15.6 Å². The molecule has 0 unspecified atom stereocenters. The quantitative estimate of drug-likeness (QED) is 0.370. The molecular weight excluding hydrogens is 450 g/mol. The number of carbonyl (C=O) groups excluding carboxylic acids is 1. The number of aromatic nitrogens is 1. The lowest BCUT2D eigenvalue weighted by Gasteiger charge is -2.13. The van der Waals surface area contributed by atoms with E-state index in [1.54, 1.807) is 6.07 Å². The molecule has 0 amide bonds. The number of hydrogen-bond donors (Lipinski definition) is 0. The van der Waals surface area contributed by atoms with Gasteiger partial charge in [0, 0.05) is 6.07 Å². The maximum absolute atomic E-state index is 13.0. The number of methoxy groups -OCH3 is 1. The molecule has 0 N–H and O–H groups in total. The van der Waals surface area contributed by atoms with Gasteiger partial charge in [0.15, 0.2) is 5.69 Å². The van der Waals surface area contributed by atoms with E-state index in [0.717, 1.165) is 23.2 Å². The van der Waals surface area contributed by atoms with Crippen LogP contribution in [0.4, 0.5) is 0 Å². The lowest BCUT2D eigenvalue weighted by molar-refractivity contribution is 0.0591. The summed E-state index contributed by atoms with van der Waals surface area (Å²) >= 11 is 4.91. The minimum absolute atomic E-state index is 0.193. The average molecular weight is 468 g/mol. The Bertz CT molecular complexity index is 1330. The number of hydrogen-bond acceptors (Lipinski definition) is 4. The molecule has 4 aromatic rings. The topological polar surface area (TPSA) is 47.8 Å². The summed E-state index contributed by atoms with van der Waals surface area (Å²) in [7, 11) is 1.33. The van der Waals surface area contributed by atoms with Crippen LogP contribution in [0.3, 0.4) is 0 Å². The fourth-order valence-corrected chi connectivity index (χ4v) is 5.98. The highest BCUT2D eigenvalue weighted by Crippen LogP contribution is 2.46. The maximum atomic E-state index is 13.0. The zero-order valence-electron chi connectivity index (χ0n) is 15.8. The Kier molecular flexibility index (Phi) is 4.56. The van der Waals surface area contributed by atoms with Crippen LogP contribution in [-0.2, 0) is 11.2 Å². The first-order valence-corrected chi connectivity index (χ1v) is 11.1. The van der Waals surface area contributed by atoms with E-state index in [9.17, 15) is 9.59 Å². The van der Waals surface area contributed by atoms with Crippen molar-refractivity contribution in [3.63, 3.8) is 0 Å². The highest BCUT2D eigenvalue weighted by Gasteiger charge is 2.32. The molecule has 2 aromatic heterocycles. The van der Waals surface area contributed by atoms with E-state index in [0.29, 0.717) is 16.1 Å². The molecule has 1 saturated carbocycles. The lowest BCUT2D eigenvalue weighted by atomic mass is 9.95. The second-order valence-electron chi connectivity index (χ2n) is 7.37. The number of esters is 1. The van der Waals surface area contributed by atoms with Crippen molar-refractivity contribution < 1.29 is 9.53 Å². The monoisotopic (exact) mass is 467 g/mol. The standard InChI is InChI=1S/C23H18BrNO3S/c1-28-23(27)20-21(24)29-22-19(14-9-10-14)16(12-18(26)25(20)22)11-15-7-4-6-13-5-2-3-8-17(13)15/h2-8,12,14H,9-11H2,1H3. The van der Waals surface area contributed by atoms with E-state index in [1.165, 1.54) is 44.7 Å². The first-order valence-electron chi connectivity index (χ1n) is 9.50. The van der Waals surface area contributed by atoms with Gasteiger partial charge in [0.1, 0.15) is 8.62 Å². The summed E-state index contributed by atoms with van der Waals surface area (Å²) in [6, 6.07) is 16.3. The summed E-state index contributed by atoms with van der Waals surface area (Å²) in [4.78, 5) is 26.2. The van der Waals surface area contributed by atoms with Crippen molar-refractivity contribution in [3.05, 3.63) is 85.1 Å². The highest BCUT2D eigenvalue weighted by atomic mass is 79.9. The SMILES string of the molecule is COC(=O)c1c(Br)sc2c(C3CC3)c(Cc3cccc4ccccc34)cc(=O)n12. The number of benzene rings is 2. The Morgan fingerprint density at radius 2 is 1.93 bits per heavy atom. The van der Waals surface area contributed by atoms with Crippen LogP contribution in [-0.4, -0.2) is 17.5 Å². The highest BCUT2D eigenvalue weighted by molar-refractivity contribution is 9.11. The van der Waals surface area contributed by atoms with Gasteiger partial charge in [-0.1, -0.05) is 42.5 Å². The molecule has 1 aliphatic carbocycles. The molecule has 2 aromatic carbocycles. The first-order chi connectivity index (χ1) is 14.1. The van der Waals surface area contributed by atoms with Crippen LogP contribution in [0, 0.1) is 0 Å². The van der Waals surface area contributed by atoms with Gasteiger partial charge in [-0.25, -0.2) is 4.79 Å². The van der Waals surface area contributed by atoms with Gasteiger partial charge >= 0.3 is 5.97 Å². The van der Waals surface area contributed by atoms with E-state index in [2.05, 4.69) is 46.3 Å². The van der Waals surface area contributed by atoms with Crippen molar-refractivity contribution in [2.75, 3.05) is 7.11 Å². The van der Waals surface area contributed by atoms with E-state index in [-0.39, 0.29) is 11.3 Å². The van der Waals surface area contributed by atoms with Crippen molar-refractivity contribution in [2.24, 2.45) is 0 Å². The smallest absolute Gasteiger partial charge is 0.357 e. The van der Waals surface area contributed by atoms with Crippen LogP contribution in [0.15, 0.2) is 57.1 Å². The average Bonchev–Trinajstić information content (AvgIpc) is 3.49. The Morgan fingerprint density at radius 3 is 2.69 bits per heavy atom. The van der Waals surface area contributed by atoms with Gasteiger partial charge in [-0.05, 0) is 68.6 Å². The minimum Gasteiger partial charge on any atom is -0.464 e. The van der Waals surface area contributed by atoms with E-state index >= 15 is 0 Å². The molecule has 29 heavy (non-hydrogen) atoms. The Labute approximate surface area is 179 Å². The van der Waals surface area contributed by atoms with Gasteiger partial charge in [-0.15, -0.1) is 11.3 Å². The zero-order valence-corrected chi connectivity index (χ0v) is 18.2. The molecule has 0 radical (unpaired) electrons. The van der Waals surface area contributed by atoms with Gasteiger partial charge in [-0.3, -0.25) is 9.20 Å². The lowest BCUT2D eigenvalue weighted by Crippen LogP contribution is -2.20. The molecule has 146 valence electrons. The predicted octanol–water partition coefficient (Wildman–Crippen LogP) is 5.53. The molecule has 0 atom stereocenters. The van der Waals surface area contributed by atoms with E-state index < -0.39 is 5.97 Å². The molecule has 0 spiro atoms. The van der Waals surface area contributed by atoms with Crippen LogP contribution in [0.2, 0.25) is 0 Å². The van der Waals surface area contributed by atoms with Crippen LogP contribution >= 0.6 is 27.3 Å². The summed E-state index contributed by atoms with van der Waals surface area (Å²) in [5.41, 5.74) is 3.54. The second-order valence-corrected chi connectivity index (χ2v) is 9.68. The number of pyridine rings is 1. The molecule has 1 aliphatic rings. The summed E-state index contributed by atoms with van der Waals surface area (Å²) < 4.78 is 7.05. The van der Waals surface area contributed by atoms with Crippen LogP contribution in [0.5, 0.6) is 0 Å². The first kappa shape index (κ1) is 18.6. The summed E-state index contributed by atoms with van der Waals surface area (Å²) in [6.45, 7) is 0. The molecule has 0 aliphatic heterocycles. The van der Waals surface area contributed by atoms with Crippen molar-refractivity contribution in [3.8, 4) is 0 Å². The van der Waals surface area contributed by atoms with Crippen molar-refractivity contribution in [1.82, 2.24) is 4.40 Å². The van der Waals surface area contributed by atoms with Gasteiger partial charge in [-0.2, -0.15) is 0 Å². The normalized spacial score (nSPS) is 13.9. The fourth-order valence-electron chi connectivity index (χ4n) is 4.06. The molecule has 2 heterocycles. The molecule has 5 rings (SSSR count). The molecule has 0 bridgehead atoms. The summed E-state index contributed by atoms with van der Waals surface area (Å²) in [6.07, 6.45) is 2.92. The Hall–Kier alpha value is -2.44.